The first-order valence-corrected chi connectivity index (χ1v) is 6.34. The molecule has 10 heteroatoms. The van der Waals surface area contributed by atoms with Crippen LogP contribution in [0.15, 0.2) is 6.20 Å². The van der Waals surface area contributed by atoms with Crippen molar-refractivity contribution in [3.63, 3.8) is 0 Å². The lowest BCUT2D eigenvalue weighted by molar-refractivity contribution is 0.0690. The van der Waals surface area contributed by atoms with E-state index in [0.29, 0.717) is 18.8 Å². The van der Waals surface area contributed by atoms with Crippen LogP contribution in [-0.4, -0.2) is 53.5 Å². The van der Waals surface area contributed by atoms with E-state index in [-0.39, 0.29) is 23.8 Å². The predicted octanol–water partition coefficient (Wildman–Crippen LogP) is -0.674. The highest BCUT2D eigenvalue weighted by Crippen LogP contribution is 2.03. The highest BCUT2D eigenvalue weighted by molar-refractivity contribution is 5.93. The van der Waals surface area contributed by atoms with Gasteiger partial charge >= 0.3 is 5.97 Å². The fourth-order valence-electron chi connectivity index (χ4n) is 1.74. The van der Waals surface area contributed by atoms with Gasteiger partial charge in [-0.1, -0.05) is 10.4 Å². The minimum atomic E-state index is -1.14. The molecule has 10 nitrogen and oxygen atoms in total. The van der Waals surface area contributed by atoms with Gasteiger partial charge in [-0.05, 0) is 13.8 Å². The number of nitrogens with zero attached hydrogens (tertiary/aromatic N) is 6. The fraction of sp³-hybridized carbons (Fsp3) is 0.455. The molecule has 0 unspecified atom stereocenters. The second-order valence-corrected chi connectivity index (χ2v) is 4.27. The number of carboxylic acids is 1. The minimum Gasteiger partial charge on any atom is -0.476 e. The molecule has 0 saturated heterocycles. The van der Waals surface area contributed by atoms with Gasteiger partial charge < -0.3 is 10.4 Å². The van der Waals surface area contributed by atoms with Crippen LogP contribution in [0.5, 0.6) is 0 Å². The van der Waals surface area contributed by atoms with Crippen LogP contribution in [0.1, 0.15) is 33.6 Å². The second-order valence-electron chi connectivity index (χ2n) is 4.27. The van der Waals surface area contributed by atoms with Crippen LogP contribution in [0.4, 0.5) is 0 Å². The average Bonchev–Trinajstić information content (AvgIpc) is 3.05. The van der Waals surface area contributed by atoms with E-state index >= 15 is 0 Å². The van der Waals surface area contributed by atoms with Crippen molar-refractivity contribution in [2.45, 2.75) is 26.9 Å². The number of carbonyl (C=O) groups excluding carboxylic acids is 1. The van der Waals surface area contributed by atoms with Crippen LogP contribution in [0.25, 0.3) is 0 Å². The molecule has 1 amide bonds. The van der Waals surface area contributed by atoms with E-state index in [1.165, 1.54) is 10.9 Å². The molecule has 0 spiro atoms. The SMILES string of the molecule is CCn1nnc(C(=O)NCCn2cc(C(=O)O)nn2)c1C. The van der Waals surface area contributed by atoms with Gasteiger partial charge in [-0.15, -0.1) is 10.2 Å². The number of aryl methyl sites for hydroxylation is 1. The Bertz CT molecular complexity index is 661. The van der Waals surface area contributed by atoms with Crippen molar-refractivity contribution in [1.82, 2.24) is 35.3 Å². The molecule has 2 aromatic heterocycles. The fourth-order valence-corrected chi connectivity index (χ4v) is 1.74. The highest BCUT2D eigenvalue weighted by atomic mass is 16.4. The maximum absolute atomic E-state index is 11.9. The van der Waals surface area contributed by atoms with Crippen LogP contribution in [0, 0.1) is 6.92 Å². The van der Waals surface area contributed by atoms with Crippen LogP contribution in [0.3, 0.4) is 0 Å². The summed E-state index contributed by atoms with van der Waals surface area (Å²) >= 11 is 0. The molecular formula is C11H15N7O3. The molecule has 0 bridgehead atoms. The Kier molecular flexibility index (Phi) is 4.26. The maximum Gasteiger partial charge on any atom is 0.358 e. The first-order chi connectivity index (χ1) is 10.0. The van der Waals surface area contributed by atoms with Crippen molar-refractivity contribution >= 4 is 11.9 Å². The number of nitrogens with one attached hydrogen (secondary N) is 1. The van der Waals surface area contributed by atoms with Crippen molar-refractivity contribution in [3.8, 4) is 0 Å². The summed E-state index contributed by atoms with van der Waals surface area (Å²) in [5, 5.41) is 26.2. The Balaban J connectivity index is 1.89. The highest BCUT2D eigenvalue weighted by Gasteiger charge is 2.15. The number of amides is 1. The lowest BCUT2D eigenvalue weighted by atomic mass is 10.3. The number of carboxylic acid groups (broad SMARTS) is 1. The molecule has 0 radical (unpaired) electrons. The Morgan fingerprint density at radius 3 is 2.67 bits per heavy atom. The molecule has 2 rings (SSSR count). The third kappa shape index (κ3) is 3.22. The zero-order chi connectivity index (χ0) is 15.4. The quantitative estimate of drug-likeness (QED) is 0.722. The largest absolute Gasteiger partial charge is 0.476 e. The number of carbonyl (C=O) groups is 2. The molecule has 0 fully saturated rings. The monoisotopic (exact) mass is 293 g/mol. The number of hydrogen-bond acceptors (Lipinski definition) is 6. The van der Waals surface area contributed by atoms with Crippen LogP contribution < -0.4 is 5.32 Å². The molecule has 0 aliphatic rings. The van der Waals surface area contributed by atoms with Crippen molar-refractivity contribution in [2.24, 2.45) is 0 Å². The van der Waals surface area contributed by atoms with Crippen LogP contribution in [-0.2, 0) is 13.1 Å². The lowest BCUT2D eigenvalue weighted by Gasteiger charge is -2.03. The van der Waals surface area contributed by atoms with Gasteiger partial charge in [0.15, 0.2) is 11.4 Å². The average molecular weight is 293 g/mol. The number of aromatic carboxylic acids is 1. The number of aromatic nitrogens is 6. The molecule has 112 valence electrons. The summed E-state index contributed by atoms with van der Waals surface area (Å²) in [6, 6.07) is 0. The van der Waals surface area contributed by atoms with Gasteiger partial charge in [0, 0.05) is 13.1 Å². The molecule has 0 aliphatic carbocycles. The summed E-state index contributed by atoms with van der Waals surface area (Å²) in [7, 11) is 0. The molecule has 2 heterocycles. The smallest absolute Gasteiger partial charge is 0.358 e. The molecule has 0 aromatic carbocycles. The van der Waals surface area contributed by atoms with Crippen molar-refractivity contribution in [3.05, 3.63) is 23.3 Å². The Labute approximate surface area is 119 Å². The molecule has 21 heavy (non-hydrogen) atoms. The number of rotatable bonds is 6. The van der Waals surface area contributed by atoms with Gasteiger partial charge in [0.1, 0.15) is 0 Å². The summed E-state index contributed by atoms with van der Waals surface area (Å²) in [6.07, 6.45) is 1.30. The Morgan fingerprint density at radius 1 is 1.33 bits per heavy atom. The third-order valence-corrected chi connectivity index (χ3v) is 2.88. The summed E-state index contributed by atoms with van der Waals surface area (Å²) in [5.41, 5.74) is 0.841. The molecule has 0 saturated carbocycles. The molecule has 0 aliphatic heterocycles. The van der Waals surface area contributed by atoms with E-state index in [9.17, 15) is 9.59 Å². The normalized spacial score (nSPS) is 10.6. The Morgan fingerprint density at radius 2 is 2.10 bits per heavy atom. The van der Waals surface area contributed by atoms with Gasteiger partial charge in [-0.2, -0.15) is 0 Å². The van der Waals surface area contributed by atoms with E-state index in [2.05, 4.69) is 25.9 Å². The third-order valence-electron chi connectivity index (χ3n) is 2.88. The van der Waals surface area contributed by atoms with E-state index in [0.717, 1.165) is 0 Å². The first-order valence-electron chi connectivity index (χ1n) is 6.34. The zero-order valence-electron chi connectivity index (χ0n) is 11.6. The molecular weight excluding hydrogens is 278 g/mol. The summed E-state index contributed by atoms with van der Waals surface area (Å²) < 4.78 is 2.98. The van der Waals surface area contributed by atoms with Crippen LogP contribution in [0.2, 0.25) is 0 Å². The summed E-state index contributed by atoms with van der Waals surface area (Å²) in [4.78, 5) is 22.6. The van der Waals surface area contributed by atoms with E-state index in [1.54, 1.807) is 11.6 Å². The Hall–Kier alpha value is -2.78. The molecule has 2 N–H and O–H groups in total. The van der Waals surface area contributed by atoms with Crippen LogP contribution >= 0.6 is 0 Å². The van der Waals surface area contributed by atoms with Crippen molar-refractivity contribution in [1.29, 1.82) is 0 Å². The standard InChI is InChI=1S/C11H15N7O3/c1-3-18-7(2)9(14-16-18)10(19)12-4-5-17-6-8(11(20)21)13-15-17/h6H,3-5H2,1-2H3,(H,12,19)(H,20,21). The van der Waals surface area contributed by atoms with Gasteiger partial charge in [0.05, 0.1) is 18.4 Å². The zero-order valence-corrected chi connectivity index (χ0v) is 11.6. The lowest BCUT2D eigenvalue weighted by Crippen LogP contribution is -2.28. The van der Waals surface area contributed by atoms with Crippen molar-refractivity contribution in [2.75, 3.05) is 6.54 Å². The maximum atomic E-state index is 11.9. The summed E-state index contributed by atoms with van der Waals surface area (Å²) in [5.74, 6) is -1.47. The van der Waals surface area contributed by atoms with Gasteiger partial charge in [0.25, 0.3) is 5.91 Å². The van der Waals surface area contributed by atoms with Gasteiger partial charge in [0.2, 0.25) is 0 Å². The topological polar surface area (TPSA) is 128 Å². The molecule has 2 aromatic rings. The first kappa shape index (κ1) is 14.6. The number of hydrogen-bond donors (Lipinski definition) is 2. The van der Waals surface area contributed by atoms with Gasteiger partial charge in [-0.25, -0.2) is 14.2 Å². The predicted molar refractivity (Wildman–Crippen MR) is 69.7 cm³/mol. The van der Waals surface area contributed by atoms with Crippen molar-refractivity contribution < 1.29 is 14.7 Å². The van der Waals surface area contributed by atoms with E-state index < -0.39 is 5.97 Å². The summed E-state index contributed by atoms with van der Waals surface area (Å²) in [6.45, 7) is 4.92. The second kappa shape index (κ2) is 6.11. The molecule has 0 atom stereocenters. The van der Waals surface area contributed by atoms with E-state index in [1.807, 2.05) is 6.92 Å². The van der Waals surface area contributed by atoms with E-state index in [4.69, 9.17) is 5.11 Å². The van der Waals surface area contributed by atoms with Gasteiger partial charge in [-0.3, -0.25) is 4.79 Å². The minimum absolute atomic E-state index is 0.136.